The lowest BCUT2D eigenvalue weighted by Crippen LogP contribution is -2.43. The Morgan fingerprint density at radius 1 is 1.40 bits per heavy atom. The Hall–Kier alpha value is -2.36. The van der Waals surface area contributed by atoms with Crippen LogP contribution in [0.4, 0.5) is 0 Å². The summed E-state index contributed by atoms with van der Waals surface area (Å²) >= 11 is 0. The van der Waals surface area contributed by atoms with Gasteiger partial charge in [-0.1, -0.05) is 36.4 Å². The van der Waals surface area contributed by atoms with E-state index in [4.69, 9.17) is 9.47 Å². The van der Waals surface area contributed by atoms with Crippen LogP contribution in [-0.4, -0.2) is 24.0 Å². The Labute approximate surface area is 117 Å². The molecule has 104 valence electrons. The van der Waals surface area contributed by atoms with Crippen LogP contribution in [0.2, 0.25) is 0 Å². The predicted molar refractivity (Wildman–Crippen MR) is 74.7 cm³/mol. The lowest BCUT2D eigenvalue weighted by molar-refractivity contribution is -0.163. The van der Waals surface area contributed by atoms with Gasteiger partial charge in [0, 0.05) is 6.08 Å². The fourth-order valence-electron chi connectivity index (χ4n) is 1.93. The second kappa shape index (κ2) is 6.19. The third-order valence-electron chi connectivity index (χ3n) is 2.93. The van der Waals surface area contributed by atoms with Gasteiger partial charge in [0.15, 0.2) is 5.78 Å². The van der Waals surface area contributed by atoms with Crippen molar-refractivity contribution >= 4 is 17.8 Å². The van der Waals surface area contributed by atoms with Gasteiger partial charge in [-0.05, 0) is 18.6 Å². The minimum absolute atomic E-state index is 0.0499. The maximum atomic E-state index is 12.1. The molecule has 0 aromatic heterocycles. The van der Waals surface area contributed by atoms with E-state index in [1.54, 1.807) is 19.1 Å². The first-order chi connectivity index (χ1) is 9.66. The highest BCUT2D eigenvalue weighted by Crippen LogP contribution is 2.26. The Kier molecular flexibility index (Phi) is 4.35. The first-order valence-corrected chi connectivity index (χ1v) is 6.45. The lowest BCUT2D eigenvalue weighted by Gasteiger charge is -2.29. The molecule has 0 bridgehead atoms. The van der Waals surface area contributed by atoms with E-state index in [0.29, 0.717) is 0 Å². The van der Waals surface area contributed by atoms with Crippen LogP contribution in [0.3, 0.4) is 0 Å². The van der Waals surface area contributed by atoms with E-state index in [1.807, 2.05) is 30.3 Å². The SMILES string of the molecule is CCOC(=O)C1(/C=C/c2ccccc2)CC(=O)C=CO1. The number of carbonyl (C=O) groups is 2. The van der Waals surface area contributed by atoms with Crippen LogP contribution < -0.4 is 0 Å². The molecule has 4 heteroatoms. The van der Waals surface area contributed by atoms with E-state index in [0.717, 1.165) is 5.56 Å². The lowest BCUT2D eigenvalue weighted by atomic mass is 9.93. The Balaban J connectivity index is 2.28. The normalized spacial score (nSPS) is 21.8. The summed E-state index contributed by atoms with van der Waals surface area (Å²) in [6.45, 7) is 1.95. The molecule has 0 saturated heterocycles. The molecule has 0 spiro atoms. The number of rotatable bonds is 4. The van der Waals surface area contributed by atoms with Crippen LogP contribution in [0.1, 0.15) is 18.9 Å². The van der Waals surface area contributed by atoms with Gasteiger partial charge in [0.25, 0.3) is 0 Å². The molecule has 0 fully saturated rings. The van der Waals surface area contributed by atoms with Crippen LogP contribution in [0, 0.1) is 0 Å². The number of carbonyl (C=O) groups excluding carboxylic acids is 2. The van der Waals surface area contributed by atoms with Crippen LogP contribution in [-0.2, 0) is 19.1 Å². The molecular formula is C16H16O4. The molecule has 20 heavy (non-hydrogen) atoms. The fraction of sp³-hybridized carbons (Fsp3) is 0.250. The van der Waals surface area contributed by atoms with Crippen molar-refractivity contribution in [3.05, 3.63) is 54.3 Å². The summed E-state index contributed by atoms with van der Waals surface area (Å²) in [4.78, 5) is 23.7. The number of esters is 1. The van der Waals surface area contributed by atoms with Crippen molar-refractivity contribution < 1.29 is 19.1 Å². The van der Waals surface area contributed by atoms with Crippen molar-refractivity contribution in [2.45, 2.75) is 18.9 Å². The quantitative estimate of drug-likeness (QED) is 0.790. The first kappa shape index (κ1) is 14.1. The number of hydrogen-bond donors (Lipinski definition) is 0. The molecule has 2 rings (SSSR count). The van der Waals surface area contributed by atoms with Crippen molar-refractivity contribution in [3.63, 3.8) is 0 Å². The highest BCUT2D eigenvalue weighted by Gasteiger charge is 2.42. The number of ketones is 1. The minimum Gasteiger partial charge on any atom is -0.478 e. The molecule has 4 nitrogen and oxygen atoms in total. The number of allylic oxidation sites excluding steroid dienone is 1. The largest absolute Gasteiger partial charge is 0.478 e. The molecular weight excluding hydrogens is 256 g/mol. The van der Waals surface area contributed by atoms with Gasteiger partial charge in [-0.3, -0.25) is 4.79 Å². The van der Waals surface area contributed by atoms with Crippen LogP contribution in [0.5, 0.6) is 0 Å². The average molecular weight is 272 g/mol. The van der Waals surface area contributed by atoms with E-state index < -0.39 is 11.6 Å². The van der Waals surface area contributed by atoms with Gasteiger partial charge in [-0.2, -0.15) is 0 Å². The van der Waals surface area contributed by atoms with Crippen LogP contribution >= 0.6 is 0 Å². The zero-order valence-corrected chi connectivity index (χ0v) is 11.2. The fourth-order valence-corrected chi connectivity index (χ4v) is 1.93. The summed E-state index contributed by atoms with van der Waals surface area (Å²) in [6, 6.07) is 9.49. The maximum absolute atomic E-state index is 12.1. The summed E-state index contributed by atoms with van der Waals surface area (Å²) in [6.07, 6.45) is 5.85. The zero-order valence-electron chi connectivity index (χ0n) is 11.2. The molecule has 1 heterocycles. The van der Waals surface area contributed by atoms with E-state index in [9.17, 15) is 9.59 Å². The summed E-state index contributed by atoms with van der Waals surface area (Å²) in [7, 11) is 0. The van der Waals surface area contributed by atoms with Crippen LogP contribution in [0.25, 0.3) is 6.08 Å². The maximum Gasteiger partial charge on any atom is 0.355 e. The van der Waals surface area contributed by atoms with Crippen molar-refractivity contribution in [1.29, 1.82) is 0 Å². The molecule has 0 saturated carbocycles. The Morgan fingerprint density at radius 3 is 2.80 bits per heavy atom. The van der Waals surface area contributed by atoms with Gasteiger partial charge in [0.05, 0.1) is 19.3 Å². The van der Waals surface area contributed by atoms with Crippen molar-refractivity contribution in [2.24, 2.45) is 0 Å². The highest BCUT2D eigenvalue weighted by atomic mass is 16.6. The van der Waals surface area contributed by atoms with Crippen molar-refractivity contribution in [3.8, 4) is 0 Å². The molecule has 0 N–H and O–H groups in total. The van der Waals surface area contributed by atoms with Gasteiger partial charge in [0.2, 0.25) is 5.60 Å². The van der Waals surface area contributed by atoms with E-state index in [2.05, 4.69) is 0 Å². The van der Waals surface area contributed by atoms with Gasteiger partial charge < -0.3 is 9.47 Å². The summed E-state index contributed by atoms with van der Waals surface area (Å²) in [5.74, 6) is -0.716. The van der Waals surface area contributed by atoms with E-state index >= 15 is 0 Å². The van der Waals surface area contributed by atoms with Gasteiger partial charge in [0.1, 0.15) is 0 Å². The molecule has 0 aliphatic carbocycles. The van der Waals surface area contributed by atoms with Gasteiger partial charge in [-0.25, -0.2) is 4.79 Å². The topological polar surface area (TPSA) is 52.6 Å². The summed E-state index contributed by atoms with van der Waals surface area (Å²) in [5, 5.41) is 0. The molecule has 1 aromatic rings. The summed E-state index contributed by atoms with van der Waals surface area (Å²) in [5.41, 5.74) is -0.445. The minimum atomic E-state index is -1.36. The van der Waals surface area contributed by atoms with Crippen molar-refractivity contribution in [2.75, 3.05) is 6.61 Å². The molecule has 1 aliphatic heterocycles. The Bertz CT molecular complexity index is 545. The van der Waals surface area contributed by atoms with Gasteiger partial charge >= 0.3 is 5.97 Å². The smallest absolute Gasteiger partial charge is 0.355 e. The standard InChI is InChI=1S/C16H16O4/c1-2-19-15(18)16(12-14(17)9-11-20-16)10-8-13-6-4-3-5-7-13/h3-11H,2,12H2,1H3/b10-8+. The molecule has 1 aromatic carbocycles. The second-order valence-electron chi connectivity index (χ2n) is 4.42. The number of ether oxygens (including phenoxy) is 2. The molecule has 1 atom stereocenters. The number of hydrogen-bond acceptors (Lipinski definition) is 4. The average Bonchev–Trinajstić information content (AvgIpc) is 2.46. The predicted octanol–water partition coefficient (Wildman–Crippen LogP) is 2.50. The second-order valence-corrected chi connectivity index (χ2v) is 4.42. The highest BCUT2D eigenvalue weighted by molar-refractivity contribution is 5.97. The number of benzene rings is 1. The first-order valence-electron chi connectivity index (χ1n) is 6.45. The van der Waals surface area contributed by atoms with E-state index in [-0.39, 0.29) is 18.8 Å². The molecule has 0 amide bonds. The molecule has 1 unspecified atom stereocenters. The van der Waals surface area contributed by atoms with Gasteiger partial charge in [-0.15, -0.1) is 0 Å². The summed E-state index contributed by atoms with van der Waals surface area (Å²) < 4.78 is 10.4. The third-order valence-corrected chi connectivity index (χ3v) is 2.93. The monoisotopic (exact) mass is 272 g/mol. The molecule has 1 aliphatic rings. The van der Waals surface area contributed by atoms with E-state index in [1.165, 1.54) is 12.3 Å². The third kappa shape index (κ3) is 3.15. The van der Waals surface area contributed by atoms with Crippen LogP contribution in [0.15, 0.2) is 48.7 Å². The van der Waals surface area contributed by atoms with Crippen molar-refractivity contribution in [1.82, 2.24) is 0 Å². The molecule has 0 radical (unpaired) electrons. The Morgan fingerprint density at radius 2 is 2.15 bits per heavy atom. The zero-order chi connectivity index (χ0) is 14.4.